The van der Waals surface area contributed by atoms with Gasteiger partial charge in [0.25, 0.3) is 0 Å². The Labute approximate surface area is 157 Å². The van der Waals surface area contributed by atoms with E-state index in [9.17, 15) is 0 Å². The highest BCUT2D eigenvalue weighted by molar-refractivity contribution is 7.80. The molecule has 0 amide bonds. The summed E-state index contributed by atoms with van der Waals surface area (Å²) in [4.78, 5) is 0. The lowest BCUT2D eigenvalue weighted by Crippen LogP contribution is -2.30. The van der Waals surface area contributed by atoms with Crippen molar-refractivity contribution in [3.8, 4) is 0 Å². The largest absolute Gasteiger partial charge is 0.382 e. The van der Waals surface area contributed by atoms with Gasteiger partial charge in [0, 0.05) is 47.6 Å². The molecule has 24 heavy (non-hydrogen) atoms. The predicted molar refractivity (Wildman–Crippen MR) is 103 cm³/mol. The number of anilines is 1. The Morgan fingerprint density at radius 3 is 2.75 bits per heavy atom. The second-order valence-corrected chi connectivity index (χ2v) is 6.25. The highest BCUT2D eigenvalue weighted by Gasteiger charge is 2.08. The maximum Gasteiger partial charge on any atom is 0.171 e. The minimum Gasteiger partial charge on any atom is -0.382 e. The van der Waals surface area contributed by atoms with Gasteiger partial charge in [0.15, 0.2) is 10.9 Å². The summed E-state index contributed by atoms with van der Waals surface area (Å²) in [6.45, 7) is 4.68. The van der Waals surface area contributed by atoms with Crippen LogP contribution in [0.1, 0.15) is 18.9 Å². The number of thiocarbonyl (C=S) groups is 1. The Morgan fingerprint density at radius 2 is 2.04 bits per heavy atom. The van der Waals surface area contributed by atoms with Crippen molar-refractivity contribution in [2.45, 2.75) is 19.9 Å². The van der Waals surface area contributed by atoms with Crippen molar-refractivity contribution in [2.75, 3.05) is 25.1 Å². The second kappa shape index (κ2) is 9.84. The van der Waals surface area contributed by atoms with Gasteiger partial charge in [-0.2, -0.15) is 5.10 Å². The van der Waals surface area contributed by atoms with Gasteiger partial charge in [0.1, 0.15) is 0 Å². The van der Waals surface area contributed by atoms with Gasteiger partial charge in [-0.05, 0) is 37.7 Å². The molecule has 0 spiro atoms. The molecule has 0 unspecified atom stereocenters. The first-order chi connectivity index (χ1) is 11.6. The third-order valence-corrected chi connectivity index (χ3v) is 4.17. The first-order valence-corrected chi connectivity index (χ1v) is 8.85. The van der Waals surface area contributed by atoms with Crippen LogP contribution in [0.15, 0.2) is 30.5 Å². The third kappa shape index (κ3) is 5.94. The van der Waals surface area contributed by atoms with E-state index in [4.69, 9.17) is 40.2 Å². The van der Waals surface area contributed by atoms with Crippen molar-refractivity contribution in [1.29, 1.82) is 0 Å². The maximum atomic E-state index is 6.18. The van der Waals surface area contributed by atoms with Crippen molar-refractivity contribution in [3.63, 3.8) is 0 Å². The van der Waals surface area contributed by atoms with E-state index in [1.807, 2.05) is 37.4 Å². The summed E-state index contributed by atoms with van der Waals surface area (Å²) in [5, 5.41) is 12.4. The molecule has 1 aromatic heterocycles. The van der Waals surface area contributed by atoms with Crippen LogP contribution in [-0.4, -0.2) is 34.7 Å². The highest BCUT2D eigenvalue weighted by atomic mass is 35.5. The zero-order valence-electron chi connectivity index (χ0n) is 13.4. The molecule has 0 atom stereocenters. The molecule has 1 heterocycles. The molecule has 0 aliphatic heterocycles. The Balaban J connectivity index is 1.83. The lowest BCUT2D eigenvalue weighted by Gasteiger charge is -2.09. The van der Waals surface area contributed by atoms with Gasteiger partial charge in [-0.15, -0.1) is 0 Å². The van der Waals surface area contributed by atoms with E-state index in [2.05, 4.69) is 15.7 Å². The Morgan fingerprint density at radius 1 is 1.29 bits per heavy atom. The van der Waals surface area contributed by atoms with Crippen LogP contribution in [0.5, 0.6) is 0 Å². The Bertz CT molecular complexity index is 658. The molecule has 0 saturated heterocycles. The summed E-state index contributed by atoms with van der Waals surface area (Å²) in [6, 6.07) is 7.29. The van der Waals surface area contributed by atoms with Crippen molar-refractivity contribution in [3.05, 3.63) is 46.1 Å². The summed E-state index contributed by atoms with van der Waals surface area (Å²) in [5.41, 5.74) is 0.840. The maximum absolute atomic E-state index is 6.18. The van der Waals surface area contributed by atoms with Crippen LogP contribution in [0.2, 0.25) is 10.0 Å². The van der Waals surface area contributed by atoms with Crippen molar-refractivity contribution in [2.24, 2.45) is 0 Å². The van der Waals surface area contributed by atoms with Crippen LogP contribution >= 0.6 is 35.4 Å². The molecule has 2 N–H and O–H groups in total. The number of hydrogen-bond donors (Lipinski definition) is 2. The lowest BCUT2D eigenvalue weighted by atomic mass is 10.2. The van der Waals surface area contributed by atoms with E-state index in [-0.39, 0.29) is 0 Å². The summed E-state index contributed by atoms with van der Waals surface area (Å²) in [5.74, 6) is 0.667. The lowest BCUT2D eigenvalue weighted by molar-refractivity contribution is 0.146. The highest BCUT2D eigenvalue weighted by Crippen LogP contribution is 2.25. The third-order valence-electron chi connectivity index (χ3n) is 3.22. The number of hydrogen-bond acceptors (Lipinski definition) is 3. The summed E-state index contributed by atoms with van der Waals surface area (Å²) >= 11 is 17.6. The molecule has 5 nitrogen and oxygen atoms in total. The molecule has 2 rings (SSSR count). The fourth-order valence-corrected chi connectivity index (χ4v) is 2.77. The van der Waals surface area contributed by atoms with Crippen molar-refractivity contribution in [1.82, 2.24) is 15.1 Å². The van der Waals surface area contributed by atoms with Crippen LogP contribution in [0.4, 0.5) is 5.82 Å². The first kappa shape index (κ1) is 19.0. The van der Waals surface area contributed by atoms with E-state index in [0.29, 0.717) is 27.5 Å². The van der Waals surface area contributed by atoms with Gasteiger partial charge < -0.3 is 15.4 Å². The molecule has 130 valence electrons. The molecule has 0 radical (unpaired) electrons. The molecule has 0 aliphatic rings. The molecule has 1 aromatic carbocycles. The molecule has 0 aliphatic carbocycles. The smallest absolute Gasteiger partial charge is 0.171 e. The minimum absolute atomic E-state index is 0.495. The SMILES string of the molecule is CCOCCCNC(=S)Nc1ccn(Cc2c(Cl)cccc2Cl)n1. The number of halogens is 2. The van der Waals surface area contributed by atoms with Crippen molar-refractivity contribution < 1.29 is 4.74 Å². The number of ether oxygens (including phenoxy) is 1. The molecule has 0 fully saturated rings. The monoisotopic (exact) mass is 386 g/mol. The van der Waals surface area contributed by atoms with Crippen LogP contribution in [0, 0.1) is 0 Å². The fraction of sp³-hybridized carbons (Fsp3) is 0.375. The van der Waals surface area contributed by atoms with Gasteiger partial charge in [-0.25, -0.2) is 0 Å². The van der Waals surface area contributed by atoms with Crippen molar-refractivity contribution >= 4 is 46.4 Å². The predicted octanol–water partition coefficient (Wildman–Crippen LogP) is 3.95. The Hall–Kier alpha value is -1.34. The van der Waals surface area contributed by atoms with Crippen LogP contribution in [0.3, 0.4) is 0 Å². The number of aromatic nitrogens is 2. The van der Waals surface area contributed by atoms with E-state index >= 15 is 0 Å². The van der Waals surface area contributed by atoms with Gasteiger partial charge in [-0.1, -0.05) is 29.3 Å². The fourth-order valence-electron chi connectivity index (χ4n) is 2.04. The quantitative estimate of drug-likeness (QED) is 0.531. The number of nitrogens with zero attached hydrogens (tertiary/aromatic N) is 2. The molecule has 0 bridgehead atoms. The summed E-state index contributed by atoms with van der Waals surface area (Å²) in [6.07, 6.45) is 2.74. The average molecular weight is 387 g/mol. The van der Waals surface area contributed by atoms with E-state index < -0.39 is 0 Å². The zero-order chi connectivity index (χ0) is 17.4. The summed E-state index contributed by atoms with van der Waals surface area (Å²) < 4.78 is 7.03. The number of nitrogens with one attached hydrogen (secondary N) is 2. The molecule has 2 aromatic rings. The van der Waals surface area contributed by atoms with Gasteiger partial charge in [0.2, 0.25) is 0 Å². The molecule has 8 heteroatoms. The van der Waals surface area contributed by atoms with Crippen LogP contribution < -0.4 is 10.6 Å². The van der Waals surface area contributed by atoms with Gasteiger partial charge in [0.05, 0.1) is 6.54 Å². The minimum atomic E-state index is 0.495. The summed E-state index contributed by atoms with van der Waals surface area (Å²) in [7, 11) is 0. The second-order valence-electron chi connectivity index (χ2n) is 5.03. The number of benzene rings is 1. The Kier molecular flexibility index (Phi) is 7.78. The van der Waals surface area contributed by atoms with E-state index in [1.54, 1.807) is 4.68 Å². The van der Waals surface area contributed by atoms with E-state index in [0.717, 1.165) is 31.7 Å². The first-order valence-electron chi connectivity index (χ1n) is 7.69. The molecule has 0 saturated carbocycles. The van der Waals surface area contributed by atoms with Gasteiger partial charge in [-0.3, -0.25) is 4.68 Å². The normalized spacial score (nSPS) is 10.6. The van der Waals surface area contributed by atoms with Crippen LogP contribution in [-0.2, 0) is 11.3 Å². The average Bonchev–Trinajstić information content (AvgIpc) is 2.98. The molecular weight excluding hydrogens is 367 g/mol. The van der Waals surface area contributed by atoms with E-state index in [1.165, 1.54) is 0 Å². The topological polar surface area (TPSA) is 51.1 Å². The van der Waals surface area contributed by atoms with Gasteiger partial charge >= 0.3 is 0 Å². The van der Waals surface area contributed by atoms with Crippen LogP contribution in [0.25, 0.3) is 0 Å². The zero-order valence-corrected chi connectivity index (χ0v) is 15.7. The number of rotatable bonds is 8. The molecular formula is C16H20Cl2N4OS. The standard InChI is InChI=1S/C16H20Cl2N4OS/c1-2-23-10-4-8-19-16(24)20-15-7-9-22(21-15)11-12-13(17)5-3-6-14(12)18/h3,5-7,9H,2,4,8,10-11H2,1H3,(H2,19,20,21,24).